The van der Waals surface area contributed by atoms with Gasteiger partial charge in [-0.25, -0.2) is 16.8 Å². The molecule has 1 aliphatic rings. The van der Waals surface area contributed by atoms with E-state index in [-0.39, 0.29) is 22.9 Å². The number of carbonyl (C=O) groups excluding carboxylic acids is 1. The summed E-state index contributed by atoms with van der Waals surface area (Å²) in [6.45, 7) is 1.55. The van der Waals surface area contributed by atoms with Crippen LogP contribution in [0, 0.1) is 6.92 Å². The number of aryl methyl sites for hydroxylation is 1. The number of para-hydroxylation sites is 1. The lowest BCUT2D eigenvalue weighted by Crippen LogP contribution is -2.48. The molecular formula is C23H22ClN3O6S2. The Balaban J connectivity index is 1.49. The average Bonchev–Trinajstić information content (AvgIpc) is 2.79. The molecule has 3 aromatic rings. The summed E-state index contributed by atoms with van der Waals surface area (Å²) >= 11 is 5.99. The molecule has 4 rings (SSSR count). The maximum absolute atomic E-state index is 12.9. The molecule has 0 saturated heterocycles. The fraction of sp³-hybridized carbons (Fsp3) is 0.174. The van der Waals surface area contributed by atoms with Gasteiger partial charge in [0.15, 0.2) is 6.10 Å². The molecule has 12 heteroatoms. The van der Waals surface area contributed by atoms with E-state index in [2.05, 4.69) is 10.0 Å². The minimum Gasteiger partial charge on any atom is -0.476 e. The molecule has 0 radical (unpaired) electrons. The van der Waals surface area contributed by atoms with E-state index in [1.54, 1.807) is 25.1 Å². The summed E-state index contributed by atoms with van der Waals surface area (Å²) in [5.41, 5.74) is 1.82. The molecule has 3 aromatic carbocycles. The molecule has 35 heavy (non-hydrogen) atoms. The van der Waals surface area contributed by atoms with Crippen molar-refractivity contribution in [3.05, 3.63) is 77.3 Å². The molecule has 0 aliphatic carbocycles. The summed E-state index contributed by atoms with van der Waals surface area (Å²) in [4.78, 5) is 12.9. The van der Waals surface area contributed by atoms with Crippen LogP contribution in [0.25, 0.3) is 0 Å². The van der Waals surface area contributed by atoms with Gasteiger partial charge in [-0.15, -0.1) is 0 Å². The Labute approximate surface area is 208 Å². The maximum atomic E-state index is 12.9. The lowest BCUT2D eigenvalue weighted by Gasteiger charge is -2.34. The lowest BCUT2D eigenvalue weighted by atomic mass is 10.2. The summed E-state index contributed by atoms with van der Waals surface area (Å²) in [5, 5.41) is 2.97. The van der Waals surface area contributed by atoms with Crippen LogP contribution >= 0.6 is 11.6 Å². The predicted octanol–water partition coefficient (Wildman–Crippen LogP) is 3.61. The third-order valence-corrected chi connectivity index (χ3v) is 8.07. The van der Waals surface area contributed by atoms with Gasteiger partial charge in [0.2, 0.25) is 10.0 Å². The number of carbonyl (C=O) groups is 1. The molecule has 184 valence electrons. The van der Waals surface area contributed by atoms with Crippen LogP contribution in [-0.2, 0) is 24.8 Å². The van der Waals surface area contributed by atoms with Crippen LogP contribution in [0.2, 0.25) is 5.02 Å². The molecule has 0 saturated carbocycles. The number of anilines is 3. The minimum absolute atomic E-state index is 0.0155. The maximum Gasteiger partial charge on any atom is 0.267 e. The zero-order valence-electron chi connectivity index (χ0n) is 18.7. The van der Waals surface area contributed by atoms with Crippen molar-refractivity contribution in [2.45, 2.75) is 17.9 Å². The smallest absolute Gasteiger partial charge is 0.267 e. The Kier molecular flexibility index (Phi) is 6.67. The number of rotatable bonds is 6. The average molecular weight is 536 g/mol. The molecule has 1 atom stereocenters. The highest BCUT2D eigenvalue weighted by Crippen LogP contribution is 2.37. The first-order valence-corrected chi connectivity index (χ1v) is 14.1. The van der Waals surface area contributed by atoms with E-state index >= 15 is 0 Å². The van der Waals surface area contributed by atoms with Crippen molar-refractivity contribution < 1.29 is 26.4 Å². The zero-order chi connectivity index (χ0) is 25.4. The number of halogens is 1. The first-order valence-electron chi connectivity index (χ1n) is 10.4. The number of amides is 1. The van der Waals surface area contributed by atoms with Gasteiger partial charge in [0.25, 0.3) is 15.9 Å². The molecular weight excluding hydrogens is 514 g/mol. The van der Waals surface area contributed by atoms with Crippen molar-refractivity contribution in [1.29, 1.82) is 0 Å². The van der Waals surface area contributed by atoms with Crippen molar-refractivity contribution in [3.63, 3.8) is 0 Å². The number of hydrogen-bond donors (Lipinski definition) is 2. The van der Waals surface area contributed by atoms with E-state index in [1.165, 1.54) is 42.5 Å². The van der Waals surface area contributed by atoms with Gasteiger partial charge in [0.1, 0.15) is 5.75 Å². The van der Waals surface area contributed by atoms with Crippen LogP contribution in [0.1, 0.15) is 5.56 Å². The second kappa shape index (κ2) is 9.40. The molecule has 0 aromatic heterocycles. The summed E-state index contributed by atoms with van der Waals surface area (Å²) in [7, 11) is -7.54. The van der Waals surface area contributed by atoms with Gasteiger partial charge in [0.05, 0.1) is 29.1 Å². The van der Waals surface area contributed by atoms with Crippen molar-refractivity contribution in [1.82, 2.24) is 0 Å². The van der Waals surface area contributed by atoms with E-state index in [4.69, 9.17) is 16.3 Å². The molecule has 0 fully saturated rings. The summed E-state index contributed by atoms with van der Waals surface area (Å²) in [6.07, 6.45) is -0.105. The second-order valence-corrected chi connectivity index (χ2v) is 12.0. The monoisotopic (exact) mass is 535 g/mol. The van der Waals surface area contributed by atoms with Crippen LogP contribution in [0.3, 0.4) is 0 Å². The highest BCUT2D eigenvalue weighted by Gasteiger charge is 2.35. The van der Waals surface area contributed by atoms with Crippen LogP contribution in [0.15, 0.2) is 71.6 Å². The Morgan fingerprint density at radius 3 is 2.37 bits per heavy atom. The fourth-order valence-electron chi connectivity index (χ4n) is 3.51. The Morgan fingerprint density at radius 1 is 1.03 bits per heavy atom. The van der Waals surface area contributed by atoms with Gasteiger partial charge >= 0.3 is 0 Å². The van der Waals surface area contributed by atoms with Crippen LogP contribution < -0.4 is 19.1 Å². The summed E-state index contributed by atoms with van der Waals surface area (Å²) in [6, 6.07) is 17.1. The molecule has 0 spiro atoms. The number of nitrogens with zero attached hydrogens (tertiary/aromatic N) is 1. The lowest BCUT2D eigenvalue weighted by molar-refractivity contribution is -0.122. The normalized spacial score (nSPS) is 15.6. The molecule has 1 heterocycles. The standard InChI is InChI=1S/C23H22ClN3O6S2/c1-15-5-3-4-6-19(15)26-35(31,32)18-10-8-17(9-11-18)25-23(28)22-14-27(34(2,29)30)20-13-16(24)7-12-21(20)33-22/h3-13,22,26H,14H2,1-2H3,(H,25,28)/t22-/m1/s1. The predicted molar refractivity (Wildman–Crippen MR) is 135 cm³/mol. The first-order chi connectivity index (χ1) is 16.4. The number of benzene rings is 3. The molecule has 1 aliphatic heterocycles. The number of nitrogens with one attached hydrogen (secondary N) is 2. The molecule has 2 N–H and O–H groups in total. The van der Waals surface area contributed by atoms with Crippen molar-refractivity contribution in [2.24, 2.45) is 0 Å². The van der Waals surface area contributed by atoms with Crippen LogP contribution in [-0.4, -0.2) is 41.6 Å². The molecule has 0 bridgehead atoms. The van der Waals surface area contributed by atoms with E-state index in [9.17, 15) is 21.6 Å². The topological polar surface area (TPSA) is 122 Å². The van der Waals surface area contributed by atoms with Gasteiger partial charge in [-0.05, 0) is 61.0 Å². The second-order valence-electron chi connectivity index (χ2n) is 7.95. The van der Waals surface area contributed by atoms with Gasteiger partial charge in [-0.1, -0.05) is 29.8 Å². The highest BCUT2D eigenvalue weighted by atomic mass is 35.5. The number of fused-ring (bicyclic) bond motifs is 1. The zero-order valence-corrected chi connectivity index (χ0v) is 21.1. The van der Waals surface area contributed by atoms with Gasteiger partial charge in [0, 0.05) is 10.7 Å². The largest absolute Gasteiger partial charge is 0.476 e. The SMILES string of the molecule is Cc1ccccc1NS(=O)(=O)c1ccc(NC(=O)[C@H]2CN(S(C)(=O)=O)c3cc(Cl)ccc3O2)cc1. The summed E-state index contributed by atoms with van der Waals surface area (Å²) < 4.78 is 59.4. The van der Waals surface area contributed by atoms with Crippen molar-refractivity contribution >= 4 is 54.6 Å². The van der Waals surface area contributed by atoms with Crippen LogP contribution in [0.4, 0.5) is 17.1 Å². The quantitative estimate of drug-likeness (QED) is 0.497. The Morgan fingerprint density at radius 2 is 1.71 bits per heavy atom. The highest BCUT2D eigenvalue weighted by molar-refractivity contribution is 7.92. The molecule has 9 nitrogen and oxygen atoms in total. The van der Waals surface area contributed by atoms with Gasteiger partial charge in [-0.3, -0.25) is 13.8 Å². The minimum atomic E-state index is -3.83. The number of hydrogen-bond acceptors (Lipinski definition) is 6. The summed E-state index contributed by atoms with van der Waals surface area (Å²) in [5.74, 6) is -0.386. The first kappa shape index (κ1) is 24.8. The number of sulfonamides is 2. The van der Waals surface area contributed by atoms with Crippen molar-refractivity contribution in [3.8, 4) is 5.75 Å². The fourth-order valence-corrected chi connectivity index (χ4v) is 5.71. The van der Waals surface area contributed by atoms with Crippen molar-refractivity contribution in [2.75, 3.05) is 27.1 Å². The van der Waals surface area contributed by atoms with Gasteiger partial charge in [-0.2, -0.15) is 0 Å². The Bertz CT molecular complexity index is 1490. The third-order valence-electron chi connectivity index (χ3n) is 5.30. The Hall–Kier alpha value is -3.28. The van der Waals surface area contributed by atoms with E-state index in [1.807, 2.05) is 6.07 Å². The van der Waals surface area contributed by atoms with E-state index in [0.717, 1.165) is 16.1 Å². The molecule has 1 amide bonds. The van der Waals surface area contributed by atoms with Gasteiger partial charge < -0.3 is 10.1 Å². The van der Waals surface area contributed by atoms with E-state index in [0.29, 0.717) is 16.4 Å². The van der Waals surface area contributed by atoms with Crippen LogP contribution in [0.5, 0.6) is 5.75 Å². The third kappa shape index (κ3) is 5.53. The number of ether oxygens (including phenoxy) is 1. The molecule has 0 unspecified atom stereocenters. The van der Waals surface area contributed by atoms with E-state index < -0.39 is 32.1 Å².